The van der Waals surface area contributed by atoms with Gasteiger partial charge < -0.3 is 14.5 Å². The van der Waals surface area contributed by atoms with Crippen LogP contribution in [0, 0.1) is 11.6 Å². The zero-order chi connectivity index (χ0) is 22.9. The molecule has 172 valence electrons. The number of H-pyrrole nitrogens is 1. The molecule has 33 heavy (non-hydrogen) atoms. The lowest BCUT2D eigenvalue weighted by atomic mass is 10.1. The minimum absolute atomic E-state index is 0.0221. The summed E-state index contributed by atoms with van der Waals surface area (Å²) in [6.45, 7) is 3.92. The molecule has 0 spiro atoms. The zero-order valence-electron chi connectivity index (χ0n) is 18.2. The number of ether oxygens (including phenoxy) is 1. The lowest BCUT2D eigenvalue weighted by Crippen LogP contribution is -2.40. The predicted molar refractivity (Wildman–Crippen MR) is 117 cm³/mol. The number of benzene rings is 1. The van der Waals surface area contributed by atoms with Gasteiger partial charge in [0, 0.05) is 63.6 Å². The molecule has 1 saturated heterocycles. The van der Waals surface area contributed by atoms with Gasteiger partial charge in [-0.25, -0.2) is 18.7 Å². The first-order chi connectivity index (χ1) is 16.0. The molecule has 0 unspecified atom stereocenters. The Hall–Kier alpha value is -3.56. The zero-order valence-corrected chi connectivity index (χ0v) is 18.2. The number of anilines is 1. The van der Waals surface area contributed by atoms with Crippen LogP contribution in [0.4, 0.5) is 14.6 Å². The van der Waals surface area contributed by atoms with Crippen LogP contribution in [-0.2, 0) is 17.8 Å². The van der Waals surface area contributed by atoms with E-state index >= 15 is 0 Å². The van der Waals surface area contributed by atoms with Crippen molar-refractivity contribution in [1.82, 2.24) is 25.1 Å². The number of carbonyl (C=O) groups is 1. The number of amides is 1. The van der Waals surface area contributed by atoms with Gasteiger partial charge in [-0.1, -0.05) is 0 Å². The maximum atomic E-state index is 14.0. The third-order valence-corrected chi connectivity index (χ3v) is 6.14. The van der Waals surface area contributed by atoms with Crippen LogP contribution in [0.5, 0.6) is 5.75 Å². The molecule has 0 bridgehead atoms. The quantitative estimate of drug-likeness (QED) is 0.652. The number of aromatic nitrogens is 4. The number of carbonyl (C=O) groups excluding carboxylic acids is 1. The fourth-order valence-electron chi connectivity index (χ4n) is 4.32. The van der Waals surface area contributed by atoms with Crippen molar-refractivity contribution in [2.24, 2.45) is 0 Å². The lowest BCUT2D eigenvalue weighted by molar-refractivity contribution is -0.129. The summed E-state index contributed by atoms with van der Waals surface area (Å²) in [7, 11) is 0. The monoisotopic (exact) mass is 454 g/mol. The van der Waals surface area contributed by atoms with E-state index in [1.165, 1.54) is 12.1 Å². The summed E-state index contributed by atoms with van der Waals surface area (Å²) in [4.78, 5) is 25.6. The van der Waals surface area contributed by atoms with Gasteiger partial charge in [-0.05, 0) is 12.1 Å². The molecule has 8 nitrogen and oxygen atoms in total. The van der Waals surface area contributed by atoms with E-state index < -0.39 is 11.6 Å². The second-order valence-electron chi connectivity index (χ2n) is 8.35. The predicted octanol–water partition coefficient (Wildman–Crippen LogP) is 3.10. The molecular weight excluding hydrogens is 430 g/mol. The van der Waals surface area contributed by atoms with E-state index in [2.05, 4.69) is 15.1 Å². The lowest BCUT2D eigenvalue weighted by Gasteiger charge is -2.35. The summed E-state index contributed by atoms with van der Waals surface area (Å²) in [5.41, 5.74) is 3.31. The van der Waals surface area contributed by atoms with Crippen LogP contribution in [0.2, 0.25) is 0 Å². The minimum Gasteiger partial charge on any atom is -0.487 e. The highest BCUT2D eigenvalue weighted by molar-refractivity contribution is 5.74. The summed E-state index contributed by atoms with van der Waals surface area (Å²) < 4.78 is 32.9. The first-order valence-electron chi connectivity index (χ1n) is 11.0. The Kier molecular flexibility index (Phi) is 5.65. The third-order valence-electron chi connectivity index (χ3n) is 6.14. The maximum absolute atomic E-state index is 14.0. The molecule has 0 atom stereocenters. The van der Waals surface area contributed by atoms with Gasteiger partial charge in [0.2, 0.25) is 5.91 Å². The van der Waals surface area contributed by atoms with E-state index in [1.54, 1.807) is 24.2 Å². The van der Waals surface area contributed by atoms with Crippen molar-refractivity contribution in [2.75, 3.05) is 24.5 Å². The van der Waals surface area contributed by atoms with Gasteiger partial charge in [0.15, 0.2) is 17.4 Å². The first kappa shape index (κ1) is 21.3. The standard InChI is InChI=1S/C23H24F2N6O2/c1-14(32)31-9-6-19-20(13-31)29-23(22(28-19)15-11-26-27-12-15)30-7-4-17(5-8-30)33-21-3-2-16(24)10-18(21)25/h2-3,10-12,17H,4-9,13H2,1H3,(H,26,27). The number of piperidine rings is 1. The van der Waals surface area contributed by atoms with E-state index in [0.29, 0.717) is 45.4 Å². The normalized spacial score (nSPS) is 16.6. The van der Waals surface area contributed by atoms with Crippen molar-refractivity contribution in [1.29, 1.82) is 0 Å². The number of aromatic amines is 1. The number of halogens is 2. The smallest absolute Gasteiger partial charge is 0.219 e. The van der Waals surface area contributed by atoms with Crippen LogP contribution >= 0.6 is 0 Å². The minimum atomic E-state index is -0.699. The third kappa shape index (κ3) is 4.37. The Morgan fingerprint density at radius 3 is 2.67 bits per heavy atom. The van der Waals surface area contributed by atoms with Crippen molar-refractivity contribution >= 4 is 11.7 Å². The Morgan fingerprint density at radius 2 is 1.97 bits per heavy atom. The molecule has 2 aliphatic heterocycles. The summed E-state index contributed by atoms with van der Waals surface area (Å²) in [5.74, 6) is -0.501. The molecule has 1 aromatic carbocycles. The Bertz CT molecular complexity index is 1160. The van der Waals surface area contributed by atoms with Gasteiger partial charge in [0.1, 0.15) is 17.6 Å². The molecule has 1 amide bonds. The van der Waals surface area contributed by atoms with E-state index in [-0.39, 0.29) is 17.8 Å². The highest BCUT2D eigenvalue weighted by Crippen LogP contribution is 2.32. The second-order valence-corrected chi connectivity index (χ2v) is 8.35. The number of nitrogens with zero attached hydrogens (tertiary/aromatic N) is 5. The van der Waals surface area contributed by atoms with Crippen LogP contribution in [0.25, 0.3) is 11.3 Å². The second kappa shape index (κ2) is 8.76. The van der Waals surface area contributed by atoms with Crippen molar-refractivity contribution in [3.05, 3.63) is 53.6 Å². The van der Waals surface area contributed by atoms with Crippen LogP contribution < -0.4 is 9.64 Å². The Labute approximate surface area is 189 Å². The molecule has 5 rings (SSSR count). The molecule has 4 heterocycles. The van der Waals surface area contributed by atoms with Crippen LogP contribution in [0.1, 0.15) is 31.2 Å². The summed E-state index contributed by atoms with van der Waals surface area (Å²) in [6.07, 6.45) is 5.29. The molecule has 1 N–H and O–H groups in total. The molecule has 0 radical (unpaired) electrons. The molecular formula is C23H24F2N6O2. The van der Waals surface area contributed by atoms with E-state index in [1.807, 2.05) is 0 Å². The topological polar surface area (TPSA) is 87.2 Å². The first-order valence-corrected chi connectivity index (χ1v) is 11.0. The largest absolute Gasteiger partial charge is 0.487 e. The molecule has 0 aliphatic carbocycles. The molecule has 1 fully saturated rings. The maximum Gasteiger partial charge on any atom is 0.219 e. The average Bonchev–Trinajstić information content (AvgIpc) is 3.35. The van der Waals surface area contributed by atoms with Gasteiger partial charge in [-0.3, -0.25) is 9.89 Å². The molecule has 0 saturated carbocycles. The number of rotatable bonds is 4. The van der Waals surface area contributed by atoms with E-state index in [0.717, 1.165) is 34.5 Å². The van der Waals surface area contributed by atoms with Crippen molar-refractivity contribution in [3.63, 3.8) is 0 Å². The van der Waals surface area contributed by atoms with Gasteiger partial charge in [-0.2, -0.15) is 5.10 Å². The van der Waals surface area contributed by atoms with E-state index in [9.17, 15) is 13.6 Å². The Morgan fingerprint density at radius 1 is 1.15 bits per heavy atom. The van der Waals surface area contributed by atoms with Crippen molar-refractivity contribution in [3.8, 4) is 17.0 Å². The van der Waals surface area contributed by atoms with Gasteiger partial charge >= 0.3 is 0 Å². The number of hydrogen-bond acceptors (Lipinski definition) is 6. The average molecular weight is 454 g/mol. The fourth-order valence-corrected chi connectivity index (χ4v) is 4.32. The Balaban J connectivity index is 1.37. The fraction of sp³-hybridized carbons (Fsp3) is 0.391. The van der Waals surface area contributed by atoms with Crippen molar-refractivity contribution in [2.45, 2.75) is 38.8 Å². The summed E-state index contributed by atoms with van der Waals surface area (Å²) >= 11 is 0. The summed E-state index contributed by atoms with van der Waals surface area (Å²) in [6, 6.07) is 3.34. The van der Waals surface area contributed by atoms with Gasteiger partial charge in [-0.15, -0.1) is 0 Å². The van der Waals surface area contributed by atoms with Crippen molar-refractivity contribution < 1.29 is 18.3 Å². The van der Waals surface area contributed by atoms with Crippen LogP contribution in [0.15, 0.2) is 30.6 Å². The van der Waals surface area contributed by atoms with E-state index in [4.69, 9.17) is 14.7 Å². The van der Waals surface area contributed by atoms with Gasteiger partial charge in [0.25, 0.3) is 0 Å². The molecule has 3 aromatic rings. The van der Waals surface area contributed by atoms with Crippen LogP contribution in [0.3, 0.4) is 0 Å². The number of nitrogens with one attached hydrogen (secondary N) is 1. The number of fused-ring (bicyclic) bond motifs is 1. The highest BCUT2D eigenvalue weighted by Gasteiger charge is 2.28. The van der Waals surface area contributed by atoms with Crippen LogP contribution in [-0.4, -0.2) is 56.7 Å². The molecule has 2 aliphatic rings. The summed E-state index contributed by atoms with van der Waals surface area (Å²) in [5, 5.41) is 6.89. The SMILES string of the molecule is CC(=O)N1CCc2nc(-c3cn[nH]c3)c(N3CCC(Oc4ccc(F)cc4F)CC3)nc2C1. The molecule has 10 heteroatoms. The molecule has 2 aromatic heterocycles. The highest BCUT2D eigenvalue weighted by atomic mass is 19.1. The van der Waals surface area contributed by atoms with Gasteiger partial charge in [0.05, 0.1) is 24.1 Å². The number of hydrogen-bond donors (Lipinski definition) is 1.